The van der Waals surface area contributed by atoms with Crippen LogP contribution in [0.4, 0.5) is 4.79 Å². The molecule has 7 nitrogen and oxygen atoms in total. The van der Waals surface area contributed by atoms with Gasteiger partial charge in [-0.25, -0.2) is 4.79 Å². The number of ether oxygens (including phenoxy) is 1. The molecule has 0 bridgehead atoms. The summed E-state index contributed by atoms with van der Waals surface area (Å²) in [5.74, 6) is -1.22. The number of carbonyl (C=O) groups is 3. The van der Waals surface area contributed by atoms with Gasteiger partial charge in [0.2, 0.25) is 5.91 Å². The number of hydrogen-bond donors (Lipinski definition) is 2. The summed E-state index contributed by atoms with van der Waals surface area (Å²) >= 11 is 0. The molecule has 2 aromatic carbocycles. The van der Waals surface area contributed by atoms with Crippen molar-refractivity contribution in [3.8, 4) is 11.1 Å². The Morgan fingerprint density at radius 3 is 2.31 bits per heavy atom. The van der Waals surface area contributed by atoms with Crippen molar-refractivity contribution in [3.63, 3.8) is 0 Å². The lowest BCUT2D eigenvalue weighted by Gasteiger charge is -2.28. The summed E-state index contributed by atoms with van der Waals surface area (Å²) in [6.45, 7) is 2.50. The van der Waals surface area contributed by atoms with E-state index in [4.69, 9.17) is 9.84 Å². The Kier molecular flexibility index (Phi) is 6.44. The Morgan fingerprint density at radius 2 is 1.72 bits per heavy atom. The molecule has 32 heavy (non-hydrogen) atoms. The number of likely N-dealkylation sites (tertiary alicyclic amines) is 1. The van der Waals surface area contributed by atoms with Crippen LogP contribution in [0.15, 0.2) is 48.5 Å². The van der Waals surface area contributed by atoms with Gasteiger partial charge in [0.25, 0.3) is 0 Å². The molecule has 2 aromatic rings. The van der Waals surface area contributed by atoms with Crippen molar-refractivity contribution < 1.29 is 24.2 Å². The minimum atomic E-state index is -0.924. The zero-order chi connectivity index (χ0) is 22.7. The van der Waals surface area contributed by atoms with E-state index in [0.29, 0.717) is 19.4 Å². The minimum Gasteiger partial charge on any atom is -0.481 e. The van der Waals surface area contributed by atoms with Crippen LogP contribution in [0.25, 0.3) is 11.1 Å². The maximum atomic E-state index is 13.0. The zero-order valence-corrected chi connectivity index (χ0v) is 18.1. The van der Waals surface area contributed by atoms with Crippen LogP contribution in [-0.2, 0) is 14.3 Å². The lowest BCUT2D eigenvalue weighted by Crippen LogP contribution is -2.50. The van der Waals surface area contributed by atoms with Crippen LogP contribution in [0, 0.1) is 0 Å². The monoisotopic (exact) mass is 436 g/mol. The zero-order valence-electron chi connectivity index (χ0n) is 18.1. The molecule has 0 aromatic heterocycles. The highest BCUT2D eigenvalue weighted by Crippen LogP contribution is 2.44. The predicted octanol–water partition coefficient (Wildman–Crippen LogP) is 3.77. The molecule has 1 aliphatic carbocycles. The van der Waals surface area contributed by atoms with Crippen molar-refractivity contribution >= 4 is 18.0 Å². The van der Waals surface area contributed by atoms with Crippen molar-refractivity contribution in [2.75, 3.05) is 13.2 Å². The van der Waals surface area contributed by atoms with Crippen molar-refractivity contribution in [3.05, 3.63) is 59.7 Å². The molecule has 2 aliphatic rings. The Bertz CT molecular complexity index is 975. The lowest BCUT2D eigenvalue weighted by molar-refractivity contribution is -0.140. The minimum absolute atomic E-state index is 0.0533. The highest BCUT2D eigenvalue weighted by molar-refractivity contribution is 5.86. The van der Waals surface area contributed by atoms with E-state index in [9.17, 15) is 14.4 Å². The first-order valence-corrected chi connectivity index (χ1v) is 11.1. The number of carboxylic acid groups (broad SMARTS) is 1. The van der Waals surface area contributed by atoms with Gasteiger partial charge in [0.05, 0.1) is 6.42 Å². The molecule has 0 unspecified atom stereocenters. The van der Waals surface area contributed by atoms with Gasteiger partial charge in [-0.1, -0.05) is 55.5 Å². The summed E-state index contributed by atoms with van der Waals surface area (Å²) < 4.78 is 5.56. The Labute approximate surface area is 187 Å². The van der Waals surface area contributed by atoms with Crippen molar-refractivity contribution in [2.24, 2.45) is 0 Å². The van der Waals surface area contributed by atoms with Gasteiger partial charge in [-0.05, 0) is 41.5 Å². The number of nitrogens with zero attached hydrogens (tertiary/aromatic N) is 1. The fourth-order valence-electron chi connectivity index (χ4n) is 4.86. The van der Waals surface area contributed by atoms with Crippen LogP contribution in [-0.4, -0.2) is 53.2 Å². The van der Waals surface area contributed by atoms with Gasteiger partial charge in [0, 0.05) is 18.5 Å². The van der Waals surface area contributed by atoms with Crippen LogP contribution in [0.5, 0.6) is 0 Å². The van der Waals surface area contributed by atoms with Crippen LogP contribution in [0.3, 0.4) is 0 Å². The smallest absolute Gasteiger partial charge is 0.407 e. The van der Waals surface area contributed by atoms with Crippen LogP contribution in [0.2, 0.25) is 0 Å². The summed E-state index contributed by atoms with van der Waals surface area (Å²) in [5.41, 5.74) is 4.55. The second kappa shape index (κ2) is 9.42. The first-order chi connectivity index (χ1) is 15.5. The van der Waals surface area contributed by atoms with Crippen molar-refractivity contribution in [2.45, 2.75) is 50.6 Å². The lowest BCUT2D eigenvalue weighted by atomic mass is 9.98. The molecule has 0 radical (unpaired) electrons. The number of hydrogen-bond acceptors (Lipinski definition) is 4. The number of benzene rings is 2. The van der Waals surface area contributed by atoms with Crippen LogP contribution in [0.1, 0.15) is 49.7 Å². The molecular weight excluding hydrogens is 408 g/mol. The number of fused-ring (bicyclic) bond motifs is 3. The van der Waals surface area contributed by atoms with E-state index in [1.54, 1.807) is 4.90 Å². The largest absolute Gasteiger partial charge is 0.481 e. The predicted molar refractivity (Wildman–Crippen MR) is 119 cm³/mol. The topological polar surface area (TPSA) is 95.9 Å². The summed E-state index contributed by atoms with van der Waals surface area (Å²) in [4.78, 5) is 38.2. The third kappa shape index (κ3) is 4.33. The first-order valence-electron chi connectivity index (χ1n) is 11.1. The quantitative estimate of drug-likeness (QED) is 0.689. The van der Waals surface area contributed by atoms with Crippen LogP contribution < -0.4 is 5.32 Å². The molecule has 1 saturated heterocycles. The molecule has 2 N–H and O–H groups in total. The van der Waals surface area contributed by atoms with Gasteiger partial charge in [-0.3, -0.25) is 9.59 Å². The molecule has 7 heteroatoms. The Hall–Kier alpha value is -3.35. The average Bonchev–Trinajstić information content (AvgIpc) is 3.37. The molecule has 1 aliphatic heterocycles. The Balaban J connectivity index is 1.39. The number of rotatable bonds is 7. The van der Waals surface area contributed by atoms with E-state index in [2.05, 4.69) is 29.6 Å². The van der Waals surface area contributed by atoms with Crippen molar-refractivity contribution in [1.82, 2.24) is 10.2 Å². The molecular formula is C25H28N2O5. The number of amides is 2. The SMILES string of the molecule is CC[C@H](NC(=O)OCC1c2ccccc2-c2ccccc21)C(=O)N1CCC[C@@H]1CC(=O)O. The molecule has 0 spiro atoms. The number of carboxylic acids is 1. The molecule has 168 valence electrons. The van der Waals surface area contributed by atoms with Crippen LogP contribution >= 0.6 is 0 Å². The van der Waals surface area contributed by atoms with E-state index in [1.165, 1.54) is 0 Å². The standard InChI is InChI=1S/C25H28N2O5/c1-2-22(24(30)27-13-7-8-16(27)14-23(28)29)26-25(31)32-15-21-19-11-5-3-9-17(19)18-10-4-6-12-20(18)21/h3-6,9-12,16,21-22H,2,7-8,13-15H2,1H3,(H,26,31)(H,28,29)/t16-,22+/m1/s1. The van der Waals surface area contributed by atoms with E-state index < -0.39 is 18.1 Å². The number of aliphatic carboxylic acids is 1. The number of alkyl carbamates (subject to hydrolysis) is 1. The van der Waals surface area contributed by atoms with E-state index in [0.717, 1.165) is 28.7 Å². The molecule has 2 amide bonds. The van der Waals surface area contributed by atoms with Gasteiger partial charge >= 0.3 is 12.1 Å². The van der Waals surface area contributed by atoms with E-state index in [1.807, 2.05) is 31.2 Å². The Morgan fingerprint density at radius 1 is 1.09 bits per heavy atom. The fourth-order valence-corrected chi connectivity index (χ4v) is 4.86. The molecule has 1 fully saturated rings. The summed E-state index contributed by atoms with van der Waals surface area (Å²) in [6.07, 6.45) is 1.12. The summed E-state index contributed by atoms with van der Waals surface area (Å²) in [7, 11) is 0. The van der Waals surface area contributed by atoms with Gasteiger partial charge in [-0.2, -0.15) is 0 Å². The third-order valence-electron chi connectivity index (χ3n) is 6.41. The van der Waals surface area contributed by atoms with Gasteiger partial charge < -0.3 is 20.1 Å². The maximum absolute atomic E-state index is 13.0. The molecule has 1 heterocycles. The van der Waals surface area contributed by atoms with Gasteiger partial charge in [0.1, 0.15) is 12.6 Å². The summed E-state index contributed by atoms with van der Waals surface area (Å²) in [5, 5.41) is 11.8. The van der Waals surface area contributed by atoms with Gasteiger partial charge in [0.15, 0.2) is 0 Å². The first kappa shape index (κ1) is 21.9. The molecule has 4 rings (SSSR count). The maximum Gasteiger partial charge on any atom is 0.407 e. The second-order valence-corrected chi connectivity index (χ2v) is 8.36. The summed E-state index contributed by atoms with van der Waals surface area (Å²) in [6, 6.07) is 15.1. The van der Waals surface area contributed by atoms with E-state index >= 15 is 0 Å². The van der Waals surface area contributed by atoms with Gasteiger partial charge in [-0.15, -0.1) is 0 Å². The molecule has 0 saturated carbocycles. The normalized spacial score (nSPS) is 18.0. The van der Waals surface area contributed by atoms with E-state index in [-0.39, 0.29) is 30.9 Å². The highest BCUT2D eigenvalue weighted by atomic mass is 16.5. The fraction of sp³-hybridized carbons (Fsp3) is 0.400. The number of carbonyl (C=O) groups excluding carboxylic acids is 2. The third-order valence-corrected chi connectivity index (χ3v) is 6.41. The van der Waals surface area contributed by atoms with Crippen molar-refractivity contribution in [1.29, 1.82) is 0 Å². The highest BCUT2D eigenvalue weighted by Gasteiger charge is 2.35. The molecule has 2 atom stereocenters. The average molecular weight is 437 g/mol. The second-order valence-electron chi connectivity index (χ2n) is 8.36. The number of nitrogens with one attached hydrogen (secondary N) is 1.